The zero-order valence-corrected chi connectivity index (χ0v) is 45.7. The first-order valence-corrected chi connectivity index (χ1v) is 29.5. The van der Waals surface area contributed by atoms with Crippen LogP contribution in [-0.4, -0.2) is 106 Å². The molecule has 6 unspecified atom stereocenters. The maximum atomic E-state index is 13.5. The van der Waals surface area contributed by atoms with Gasteiger partial charge in [0.2, 0.25) is 0 Å². The van der Waals surface area contributed by atoms with Crippen molar-refractivity contribution in [3.63, 3.8) is 0 Å². The van der Waals surface area contributed by atoms with Crippen LogP contribution in [0.25, 0.3) is 23.5 Å². The summed E-state index contributed by atoms with van der Waals surface area (Å²) in [4.78, 5) is 26.6. The van der Waals surface area contributed by atoms with Crippen molar-refractivity contribution in [2.24, 2.45) is 57.2 Å². The molecular formula is C60H70F2N6O9S. The third kappa shape index (κ3) is 8.06. The van der Waals surface area contributed by atoms with Crippen molar-refractivity contribution >= 4 is 33.8 Å². The smallest absolute Gasteiger partial charge is 0.264 e. The number of hydrogen-bond donors (Lipinski definition) is 4. The van der Waals surface area contributed by atoms with Gasteiger partial charge in [-0.2, -0.15) is 23.7 Å². The predicted molar refractivity (Wildman–Crippen MR) is 285 cm³/mol. The zero-order valence-electron chi connectivity index (χ0n) is 44.9. The number of fused-ring (bicyclic) bond motifs is 12. The summed E-state index contributed by atoms with van der Waals surface area (Å²) in [5, 5.41) is 60.6. The minimum absolute atomic E-state index is 0.0137. The third-order valence-corrected chi connectivity index (χ3v) is 22.0. The highest BCUT2D eigenvalue weighted by Gasteiger charge is 2.70. The lowest BCUT2D eigenvalue weighted by molar-refractivity contribution is -0.180. The van der Waals surface area contributed by atoms with E-state index in [1.807, 2.05) is 35.6 Å². The van der Waals surface area contributed by atoms with Crippen molar-refractivity contribution in [3.05, 3.63) is 125 Å². The van der Waals surface area contributed by atoms with E-state index < -0.39 is 56.7 Å². The van der Waals surface area contributed by atoms with Crippen LogP contribution in [0.15, 0.2) is 90.5 Å². The molecule has 0 saturated heterocycles. The summed E-state index contributed by atoms with van der Waals surface area (Å²) < 4.78 is 60.0. The van der Waals surface area contributed by atoms with Crippen LogP contribution in [0, 0.1) is 68.8 Å². The molecule has 0 amide bonds. The van der Waals surface area contributed by atoms with Gasteiger partial charge >= 0.3 is 0 Å². The topological polar surface area (TPSA) is 212 Å². The van der Waals surface area contributed by atoms with Crippen molar-refractivity contribution in [3.8, 4) is 11.4 Å². The Kier molecular flexibility index (Phi) is 12.6. The number of carbonyl (C=O) groups is 2. The number of allylic oxidation sites excluding steroid dienone is 2. The Morgan fingerprint density at radius 1 is 0.679 bits per heavy atom. The molecule has 4 N–H and O–H groups in total. The average Bonchev–Trinajstić information content (AvgIpc) is 4.15. The lowest BCUT2D eigenvalue weighted by Crippen LogP contribution is -2.62. The Morgan fingerprint density at radius 3 is 1.55 bits per heavy atom. The maximum absolute atomic E-state index is 13.5. The molecule has 14 atom stereocenters. The minimum atomic E-state index is -3.83. The summed E-state index contributed by atoms with van der Waals surface area (Å²) in [6.07, 6.45) is 18.8. The number of ketones is 2. The normalized spacial score (nSPS) is 37.1. The molecule has 18 heteroatoms. The van der Waals surface area contributed by atoms with Crippen molar-refractivity contribution in [1.29, 1.82) is 0 Å². The van der Waals surface area contributed by atoms with Crippen LogP contribution in [0.3, 0.4) is 0 Å². The first-order chi connectivity index (χ1) is 36.9. The van der Waals surface area contributed by atoms with Crippen molar-refractivity contribution in [2.75, 3.05) is 12.9 Å². The Labute approximate surface area is 453 Å². The van der Waals surface area contributed by atoms with Gasteiger partial charge in [-0.05, 0) is 201 Å². The molecule has 8 aliphatic rings. The molecule has 8 aliphatic carbocycles. The van der Waals surface area contributed by atoms with Crippen molar-refractivity contribution in [1.82, 2.24) is 29.3 Å². The van der Waals surface area contributed by atoms with Crippen LogP contribution in [0.4, 0.5) is 8.78 Å². The molecule has 6 saturated carbocycles. The Bertz CT molecular complexity index is 3380. The van der Waals surface area contributed by atoms with Crippen molar-refractivity contribution < 1.29 is 51.4 Å². The molecule has 3 heterocycles. The van der Waals surface area contributed by atoms with Crippen LogP contribution in [0.5, 0.6) is 0 Å². The highest BCUT2D eigenvalue weighted by Crippen LogP contribution is 2.69. The second-order valence-corrected chi connectivity index (χ2v) is 26.9. The van der Waals surface area contributed by atoms with Crippen molar-refractivity contribution in [2.45, 2.75) is 135 Å². The summed E-state index contributed by atoms with van der Waals surface area (Å²) in [7, 11) is -3.83. The number of aliphatic hydroxyl groups excluding tert-OH is 2. The molecule has 78 heavy (non-hydrogen) atoms. The van der Waals surface area contributed by atoms with E-state index in [4.69, 9.17) is 4.18 Å². The minimum Gasteiger partial charge on any atom is -0.393 e. The average molecular weight is 1090 g/mol. The lowest BCUT2D eigenvalue weighted by atomic mass is 9.45. The molecule has 5 aromatic rings. The fourth-order valence-electron chi connectivity index (χ4n) is 17.8. The molecule has 6 fully saturated rings. The highest BCUT2D eigenvalue weighted by atomic mass is 32.2. The van der Waals surface area contributed by atoms with Gasteiger partial charge in [0.15, 0.2) is 11.6 Å². The zero-order chi connectivity index (χ0) is 55.1. The van der Waals surface area contributed by atoms with E-state index in [-0.39, 0.29) is 83.1 Å². The van der Waals surface area contributed by atoms with Gasteiger partial charge in [-0.15, -0.1) is 0 Å². The van der Waals surface area contributed by atoms with E-state index in [0.717, 1.165) is 78.7 Å². The molecule has 13 rings (SSSR count). The van der Waals surface area contributed by atoms with Gasteiger partial charge in [0.1, 0.15) is 36.0 Å². The fraction of sp³-hybridized carbons (Fsp3) is 0.550. The lowest BCUT2D eigenvalue weighted by Gasteiger charge is -2.60. The summed E-state index contributed by atoms with van der Waals surface area (Å²) in [5.41, 5.74) is 3.09. The van der Waals surface area contributed by atoms with Crippen LogP contribution in [0.2, 0.25) is 0 Å². The first-order valence-electron chi connectivity index (χ1n) is 27.7. The second kappa shape index (κ2) is 18.5. The van der Waals surface area contributed by atoms with E-state index in [1.54, 1.807) is 47.4 Å². The first kappa shape index (κ1) is 53.2. The molecule has 0 spiro atoms. The summed E-state index contributed by atoms with van der Waals surface area (Å²) in [6.45, 7) is 7.75. The predicted octanol–water partition coefficient (Wildman–Crippen LogP) is 7.80. The largest absolute Gasteiger partial charge is 0.393 e. The summed E-state index contributed by atoms with van der Waals surface area (Å²) in [5.74, 6) is -0.923. The van der Waals surface area contributed by atoms with Gasteiger partial charge in [-0.25, -0.2) is 18.1 Å². The number of hydrogen-bond acceptors (Lipinski definition) is 12. The molecule has 3 aromatic heterocycles. The molecule has 2 aromatic carbocycles. The standard InChI is InChI=1S/C31H35FN4O3.C29H35FN2O6S/c1-29-15-19-17-34-36(22-7-5-21(32)6-8-22)25(19)14-20(29)4-9-23-24-10-11-31(39,27(38)18-35-13-3-12-33-35)30(24,2)16-26(37)28(23)29;1-27-13-17-15-31-32(20-7-5-19(30)6-8-20)23(17)12-18(27)4-9-21-22-10-11-29(35,25(34)16-38-39(3,36)37)28(22,2)14-24(33)26(21)27/h3,5-8,12-14,17,23-24,26,28,37,39H,4,9-11,15-16,18H2,1-2H3;5-8,12,15,21-22,24,26,33,35H,4,9-11,13-14,16H2,1-3H3/t23?,24?,26-,28?,29-,30-,31-;21?,22?,24-,26?,27-,28-,29-/m00/s1. The quantitative estimate of drug-likeness (QED) is 0.104. The monoisotopic (exact) mass is 1090 g/mol. The Morgan fingerprint density at radius 2 is 1.13 bits per heavy atom. The van der Waals surface area contributed by atoms with Crippen LogP contribution >= 0.6 is 0 Å². The van der Waals surface area contributed by atoms with E-state index in [1.165, 1.54) is 35.4 Å². The fourth-order valence-corrected chi connectivity index (χ4v) is 18.1. The molecule has 0 radical (unpaired) electrons. The van der Waals surface area contributed by atoms with Gasteiger partial charge < -0.3 is 20.4 Å². The molecule has 0 bridgehead atoms. The number of carbonyl (C=O) groups excluding carboxylic acids is 2. The van der Waals surface area contributed by atoms with E-state index in [9.17, 15) is 47.2 Å². The number of nitrogens with zero attached hydrogens (tertiary/aromatic N) is 6. The number of halogens is 2. The van der Waals surface area contributed by atoms with Gasteiger partial charge in [0.25, 0.3) is 10.1 Å². The third-order valence-electron chi connectivity index (χ3n) is 21.5. The molecule has 15 nitrogen and oxygen atoms in total. The van der Waals surface area contributed by atoms with Crippen LogP contribution < -0.4 is 0 Å². The Hall–Kier alpha value is -5.50. The number of aromatic nitrogens is 6. The molecule has 414 valence electrons. The summed E-state index contributed by atoms with van der Waals surface area (Å²) >= 11 is 0. The number of rotatable bonds is 9. The van der Waals surface area contributed by atoms with E-state index >= 15 is 0 Å². The van der Waals surface area contributed by atoms with Gasteiger partial charge in [0.05, 0.1) is 53.6 Å². The maximum Gasteiger partial charge on any atom is 0.264 e. The number of benzene rings is 2. The van der Waals surface area contributed by atoms with Crippen LogP contribution in [-0.2, 0) is 43.3 Å². The van der Waals surface area contributed by atoms with Gasteiger partial charge in [0, 0.05) is 23.2 Å². The summed E-state index contributed by atoms with van der Waals surface area (Å²) in [6, 6.07) is 14.4. The second-order valence-electron chi connectivity index (χ2n) is 25.3. The SMILES string of the molecule is C[C@]12Cc3cnn(-c4ccc(F)cc4)c3C=C1CCC1C2[C@@H](O)C[C@@]2(C)C1CC[C@]2(O)C(=O)COS(C)(=O)=O.C[C@]12Cc3cnn(-c4ccc(F)cc4)c3C=C1CCC1C2[C@@H](O)C[C@@]2(C)C1CC[C@]2(O)C(=O)Cn1cccn1. The highest BCUT2D eigenvalue weighted by molar-refractivity contribution is 7.86. The molecule has 0 aliphatic heterocycles. The number of Topliss-reactive ketones (excluding diaryl/α,β-unsaturated/α-hetero) is 2. The Balaban J connectivity index is 0.000000156. The van der Waals surface area contributed by atoms with E-state index in [0.29, 0.717) is 25.7 Å². The van der Waals surface area contributed by atoms with Crippen LogP contribution in [0.1, 0.15) is 114 Å². The van der Waals surface area contributed by atoms with E-state index in [2.05, 4.69) is 41.3 Å². The van der Waals surface area contributed by atoms with Gasteiger partial charge in [-0.1, -0.05) is 38.8 Å². The number of aliphatic hydroxyl groups is 4. The van der Waals surface area contributed by atoms with Gasteiger partial charge in [-0.3, -0.25) is 18.5 Å². The molecular weight excluding hydrogens is 1020 g/mol.